The van der Waals surface area contributed by atoms with Gasteiger partial charge in [-0.3, -0.25) is 0 Å². The Morgan fingerprint density at radius 1 is 1.25 bits per heavy atom. The zero-order chi connectivity index (χ0) is 15.0. The van der Waals surface area contributed by atoms with Crippen LogP contribution < -0.4 is 5.73 Å². The fourth-order valence-electron chi connectivity index (χ4n) is 2.39. The zero-order valence-electron chi connectivity index (χ0n) is 12.3. The maximum atomic E-state index is 5.79. The molecule has 6 heteroatoms. The Bertz CT molecular complexity index is 689. The molecule has 0 saturated carbocycles. The van der Waals surface area contributed by atoms with Gasteiger partial charge in [-0.05, 0) is 49.8 Å². The van der Waals surface area contributed by atoms with Gasteiger partial charge in [-0.15, -0.1) is 10.2 Å². The Morgan fingerprint density at radius 3 is 2.40 bits per heavy atom. The molecular formula is C14H18N4S2. The van der Waals surface area contributed by atoms with E-state index in [1.54, 1.807) is 11.8 Å². The van der Waals surface area contributed by atoms with Crippen molar-refractivity contribution in [2.45, 2.75) is 25.9 Å². The molecule has 106 valence electrons. The molecule has 0 spiro atoms. The highest BCUT2D eigenvalue weighted by Gasteiger charge is 2.18. The molecule has 20 heavy (non-hydrogen) atoms. The summed E-state index contributed by atoms with van der Waals surface area (Å²) in [5.41, 5.74) is 11.2. The standard InChI is InChI=1S/C14H18N4S2/c1-7-6-10(12(15)19)8(2)9(3)11(7)13-16-17-14(20-5)18(13)4/h6H,1-5H3,(H2,15,19). The lowest BCUT2D eigenvalue weighted by atomic mass is 9.93. The lowest BCUT2D eigenvalue weighted by Crippen LogP contribution is -2.13. The van der Waals surface area contributed by atoms with Crippen LogP contribution in [0.2, 0.25) is 0 Å². The Hall–Kier alpha value is -1.40. The summed E-state index contributed by atoms with van der Waals surface area (Å²) in [7, 11) is 1.98. The summed E-state index contributed by atoms with van der Waals surface area (Å²) in [5, 5.41) is 9.43. The lowest BCUT2D eigenvalue weighted by molar-refractivity contribution is 0.794. The highest BCUT2D eigenvalue weighted by molar-refractivity contribution is 7.98. The van der Waals surface area contributed by atoms with E-state index in [-0.39, 0.29) is 0 Å². The number of hydrogen-bond donors (Lipinski definition) is 1. The van der Waals surface area contributed by atoms with Crippen LogP contribution in [0.5, 0.6) is 0 Å². The van der Waals surface area contributed by atoms with E-state index in [0.717, 1.165) is 38.8 Å². The van der Waals surface area contributed by atoms with E-state index in [0.29, 0.717) is 4.99 Å². The van der Waals surface area contributed by atoms with Crippen molar-refractivity contribution in [3.63, 3.8) is 0 Å². The smallest absolute Gasteiger partial charge is 0.190 e. The summed E-state index contributed by atoms with van der Waals surface area (Å²) in [6, 6.07) is 2.04. The third kappa shape index (κ3) is 2.33. The highest BCUT2D eigenvalue weighted by Crippen LogP contribution is 2.31. The molecule has 0 saturated heterocycles. The lowest BCUT2D eigenvalue weighted by Gasteiger charge is -2.15. The fraction of sp³-hybridized carbons (Fsp3) is 0.357. The summed E-state index contributed by atoms with van der Waals surface area (Å²) in [5.74, 6) is 0.877. The first-order valence-corrected chi connectivity index (χ1v) is 7.86. The van der Waals surface area contributed by atoms with Crippen molar-refractivity contribution in [2.75, 3.05) is 6.26 Å². The maximum absolute atomic E-state index is 5.79. The van der Waals surface area contributed by atoms with Crippen molar-refractivity contribution in [1.29, 1.82) is 0 Å². The van der Waals surface area contributed by atoms with Crippen molar-refractivity contribution >= 4 is 29.0 Å². The van der Waals surface area contributed by atoms with Gasteiger partial charge in [0.1, 0.15) is 4.99 Å². The van der Waals surface area contributed by atoms with Gasteiger partial charge < -0.3 is 10.3 Å². The Morgan fingerprint density at radius 2 is 1.90 bits per heavy atom. The molecule has 2 aromatic rings. The average molecular weight is 306 g/mol. The number of aryl methyl sites for hydroxylation is 1. The average Bonchev–Trinajstić information content (AvgIpc) is 2.75. The molecule has 0 amide bonds. The second kappa shape index (κ2) is 5.54. The van der Waals surface area contributed by atoms with E-state index in [2.05, 4.69) is 24.0 Å². The van der Waals surface area contributed by atoms with Gasteiger partial charge in [0.05, 0.1) is 0 Å². The van der Waals surface area contributed by atoms with Crippen LogP contribution in [0.4, 0.5) is 0 Å². The van der Waals surface area contributed by atoms with Crippen LogP contribution in [0.3, 0.4) is 0 Å². The minimum atomic E-state index is 0.433. The van der Waals surface area contributed by atoms with Crippen molar-refractivity contribution < 1.29 is 0 Å². The quantitative estimate of drug-likeness (QED) is 0.698. The van der Waals surface area contributed by atoms with Crippen LogP contribution in [0, 0.1) is 20.8 Å². The van der Waals surface area contributed by atoms with Gasteiger partial charge in [0, 0.05) is 18.2 Å². The second-order valence-electron chi connectivity index (χ2n) is 4.80. The molecule has 1 aromatic heterocycles. The number of thioether (sulfide) groups is 1. The molecule has 2 N–H and O–H groups in total. The molecule has 0 aliphatic rings. The molecule has 0 atom stereocenters. The van der Waals surface area contributed by atoms with Crippen LogP contribution in [-0.4, -0.2) is 26.0 Å². The number of nitrogens with zero attached hydrogens (tertiary/aromatic N) is 3. The Kier molecular flexibility index (Phi) is 4.15. The van der Waals surface area contributed by atoms with E-state index >= 15 is 0 Å². The van der Waals surface area contributed by atoms with E-state index in [9.17, 15) is 0 Å². The minimum Gasteiger partial charge on any atom is -0.389 e. The van der Waals surface area contributed by atoms with Crippen molar-refractivity contribution in [1.82, 2.24) is 14.8 Å². The number of thiocarbonyl (C=S) groups is 1. The first kappa shape index (κ1) is 15.0. The molecule has 0 fully saturated rings. The van der Waals surface area contributed by atoms with E-state index in [4.69, 9.17) is 18.0 Å². The molecule has 4 nitrogen and oxygen atoms in total. The van der Waals surface area contributed by atoms with Crippen molar-refractivity contribution in [3.05, 3.63) is 28.3 Å². The predicted octanol–water partition coefficient (Wildman–Crippen LogP) is 2.76. The molecule has 0 radical (unpaired) electrons. The van der Waals surface area contributed by atoms with Gasteiger partial charge in [0.15, 0.2) is 11.0 Å². The van der Waals surface area contributed by atoms with Gasteiger partial charge in [0.25, 0.3) is 0 Å². The number of benzene rings is 1. The van der Waals surface area contributed by atoms with Crippen LogP contribution in [0.1, 0.15) is 22.3 Å². The van der Waals surface area contributed by atoms with Gasteiger partial charge in [-0.1, -0.05) is 24.0 Å². The summed E-state index contributed by atoms with van der Waals surface area (Å²) in [4.78, 5) is 0.433. The molecule has 1 aromatic carbocycles. The molecule has 0 aliphatic heterocycles. The van der Waals surface area contributed by atoms with Gasteiger partial charge >= 0.3 is 0 Å². The molecule has 0 unspecified atom stereocenters. The molecular weight excluding hydrogens is 288 g/mol. The van der Waals surface area contributed by atoms with Gasteiger partial charge in [-0.2, -0.15) is 0 Å². The third-order valence-electron chi connectivity index (χ3n) is 3.60. The Labute approximate surface area is 128 Å². The summed E-state index contributed by atoms with van der Waals surface area (Å²) >= 11 is 6.70. The molecule has 0 bridgehead atoms. The Balaban J connectivity index is 2.72. The van der Waals surface area contributed by atoms with E-state index in [1.807, 2.05) is 30.9 Å². The van der Waals surface area contributed by atoms with Crippen LogP contribution in [-0.2, 0) is 7.05 Å². The summed E-state index contributed by atoms with van der Waals surface area (Å²) in [6.07, 6.45) is 1.99. The van der Waals surface area contributed by atoms with Gasteiger partial charge in [-0.25, -0.2) is 0 Å². The maximum Gasteiger partial charge on any atom is 0.190 e. The summed E-state index contributed by atoms with van der Waals surface area (Å²) < 4.78 is 2.01. The SMILES string of the molecule is CSc1nnc(-c2c(C)cc(C(N)=S)c(C)c2C)n1C. The monoisotopic (exact) mass is 306 g/mol. The van der Waals surface area contributed by atoms with Crippen LogP contribution >= 0.6 is 24.0 Å². The van der Waals surface area contributed by atoms with E-state index < -0.39 is 0 Å². The fourth-order valence-corrected chi connectivity index (χ4v) is 3.09. The molecule has 1 heterocycles. The minimum absolute atomic E-state index is 0.433. The molecule has 0 aliphatic carbocycles. The first-order valence-electron chi connectivity index (χ1n) is 6.22. The summed E-state index contributed by atoms with van der Waals surface area (Å²) in [6.45, 7) is 6.17. The second-order valence-corrected chi connectivity index (χ2v) is 6.01. The number of aromatic nitrogens is 3. The molecule has 2 rings (SSSR count). The topological polar surface area (TPSA) is 56.7 Å². The van der Waals surface area contributed by atoms with Crippen molar-refractivity contribution in [3.8, 4) is 11.4 Å². The predicted molar refractivity (Wildman–Crippen MR) is 88.3 cm³/mol. The third-order valence-corrected chi connectivity index (χ3v) is 4.54. The first-order chi connectivity index (χ1) is 9.38. The number of hydrogen-bond acceptors (Lipinski definition) is 4. The van der Waals surface area contributed by atoms with Crippen molar-refractivity contribution in [2.24, 2.45) is 12.8 Å². The number of rotatable bonds is 3. The normalized spacial score (nSPS) is 10.8. The largest absolute Gasteiger partial charge is 0.389 e. The van der Waals surface area contributed by atoms with Crippen LogP contribution in [0.15, 0.2) is 11.2 Å². The zero-order valence-corrected chi connectivity index (χ0v) is 13.9. The number of nitrogens with two attached hydrogens (primary N) is 1. The highest BCUT2D eigenvalue weighted by atomic mass is 32.2. The van der Waals surface area contributed by atoms with E-state index in [1.165, 1.54) is 0 Å². The van der Waals surface area contributed by atoms with Gasteiger partial charge in [0.2, 0.25) is 0 Å². The van der Waals surface area contributed by atoms with Crippen LogP contribution in [0.25, 0.3) is 11.4 Å².